The van der Waals surface area contributed by atoms with Crippen molar-refractivity contribution in [3.8, 4) is 39.3 Å². The predicted octanol–water partition coefficient (Wildman–Crippen LogP) is 12.0. The zero-order valence-electron chi connectivity index (χ0n) is 26.0. The minimum atomic E-state index is -0.0333. The summed E-state index contributed by atoms with van der Waals surface area (Å²) in [7, 11) is 0. The molecule has 0 saturated carbocycles. The van der Waals surface area contributed by atoms with Gasteiger partial charge >= 0.3 is 0 Å². The van der Waals surface area contributed by atoms with Crippen LogP contribution >= 0.6 is 11.3 Å². The van der Waals surface area contributed by atoms with Crippen molar-refractivity contribution in [3.05, 3.63) is 144 Å². The third-order valence-electron chi connectivity index (χ3n) is 8.86. The van der Waals surface area contributed by atoms with Gasteiger partial charge in [-0.05, 0) is 76.2 Å². The third kappa shape index (κ3) is 4.75. The molecule has 0 aliphatic rings. The topological polar surface area (TPSA) is 17.8 Å². The van der Waals surface area contributed by atoms with Gasteiger partial charge in [0, 0.05) is 32.2 Å². The number of rotatable bonds is 4. The Morgan fingerprint density at radius 1 is 0.622 bits per heavy atom. The second kappa shape index (κ2) is 10.6. The fourth-order valence-corrected chi connectivity index (χ4v) is 7.45. The van der Waals surface area contributed by atoms with Crippen molar-refractivity contribution in [3.63, 3.8) is 0 Å². The van der Waals surface area contributed by atoms with E-state index in [2.05, 4.69) is 165 Å². The highest BCUT2D eigenvalue weighted by atomic mass is 32.1. The number of nitrogens with zero attached hydrogens (tertiary/aromatic N) is 2. The average Bonchev–Trinajstić information content (AvgIpc) is 3.64. The standard InChI is InChI=1S/C42H34N2S/c1-27-19-20-30-22-35-36(26-45-39(35)23-31(30)21-27)41-43-37-17-11-12-18-38(37)44(41)40-33(28-13-7-5-8-14-28)24-32(42(2,3)4)25-34(40)29-15-9-6-10-16-29/h5-26H,1-4H3. The first kappa shape index (κ1) is 27.6. The van der Waals surface area contributed by atoms with Crippen LogP contribution in [-0.2, 0) is 5.41 Å². The molecule has 0 aliphatic carbocycles. The van der Waals surface area contributed by atoms with Gasteiger partial charge in [-0.15, -0.1) is 11.3 Å². The van der Waals surface area contributed by atoms with Gasteiger partial charge in [-0.25, -0.2) is 4.98 Å². The summed E-state index contributed by atoms with van der Waals surface area (Å²) in [6.07, 6.45) is 0. The largest absolute Gasteiger partial charge is 0.291 e. The quantitative estimate of drug-likeness (QED) is 0.197. The minimum absolute atomic E-state index is 0.0333. The Balaban J connectivity index is 1.52. The Labute approximate surface area is 268 Å². The molecule has 0 radical (unpaired) electrons. The van der Waals surface area contributed by atoms with Crippen molar-refractivity contribution < 1.29 is 0 Å². The van der Waals surface area contributed by atoms with E-state index in [0.717, 1.165) is 28.1 Å². The highest BCUT2D eigenvalue weighted by Crippen LogP contribution is 2.45. The van der Waals surface area contributed by atoms with Gasteiger partial charge in [-0.2, -0.15) is 0 Å². The summed E-state index contributed by atoms with van der Waals surface area (Å²) in [6, 6.07) is 46.4. The summed E-state index contributed by atoms with van der Waals surface area (Å²) < 4.78 is 3.70. The second-order valence-corrected chi connectivity index (χ2v) is 13.9. The van der Waals surface area contributed by atoms with Gasteiger partial charge in [-0.1, -0.05) is 117 Å². The molecule has 0 spiro atoms. The van der Waals surface area contributed by atoms with Crippen molar-refractivity contribution >= 4 is 43.2 Å². The normalized spacial score (nSPS) is 12.0. The van der Waals surface area contributed by atoms with Crippen molar-refractivity contribution in [2.75, 3.05) is 0 Å². The van der Waals surface area contributed by atoms with Gasteiger partial charge in [0.15, 0.2) is 0 Å². The third-order valence-corrected chi connectivity index (χ3v) is 9.80. The second-order valence-electron chi connectivity index (χ2n) is 13.0. The molecule has 2 heterocycles. The van der Waals surface area contributed by atoms with Gasteiger partial charge in [0.05, 0.1) is 16.7 Å². The number of benzene rings is 6. The maximum atomic E-state index is 5.39. The van der Waals surface area contributed by atoms with Crippen LogP contribution in [0, 0.1) is 6.92 Å². The molecule has 0 atom stereocenters. The molecule has 6 aromatic carbocycles. The first-order valence-electron chi connectivity index (χ1n) is 15.5. The highest BCUT2D eigenvalue weighted by molar-refractivity contribution is 7.17. The summed E-state index contributed by atoms with van der Waals surface area (Å²) in [4.78, 5) is 5.39. The Kier molecular flexibility index (Phi) is 6.47. The lowest BCUT2D eigenvalue weighted by Gasteiger charge is -2.26. The van der Waals surface area contributed by atoms with Crippen LogP contribution in [0.25, 0.3) is 71.2 Å². The van der Waals surface area contributed by atoms with Crippen molar-refractivity contribution in [2.45, 2.75) is 33.1 Å². The smallest absolute Gasteiger partial charge is 0.147 e. The van der Waals surface area contributed by atoms with Gasteiger partial charge < -0.3 is 0 Å². The lowest BCUT2D eigenvalue weighted by Crippen LogP contribution is -2.13. The number of imidazole rings is 1. The molecule has 0 N–H and O–H groups in total. The molecule has 0 fully saturated rings. The van der Waals surface area contributed by atoms with Gasteiger partial charge in [0.1, 0.15) is 5.82 Å². The van der Waals surface area contributed by atoms with Crippen LogP contribution in [0.3, 0.4) is 0 Å². The predicted molar refractivity (Wildman–Crippen MR) is 194 cm³/mol. The molecule has 218 valence electrons. The van der Waals surface area contributed by atoms with E-state index in [9.17, 15) is 0 Å². The van der Waals surface area contributed by atoms with Gasteiger partial charge in [0.2, 0.25) is 0 Å². The summed E-state index contributed by atoms with van der Waals surface area (Å²) in [5, 5.41) is 6.06. The molecule has 0 amide bonds. The number of fused-ring (bicyclic) bond motifs is 3. The number of aryl methyl sites for hydroxylation is 1. The number of thiophene rings is 1. The molecule has 8 aromatic rings. The Hall–Kier alpha value is -4.99. The molecule has 3 heteroatoms. The summed E-state index contributed by atoms with van der Waals surface area (Å²) in [5.41, 5.74) is 11.7. The van der Waals surface area contributed by atoms with E-state index in [0.29, 0.717) is 0 Å². The van der Waals surface area contributed by atoms with Crippen LogP contribution in [0.15, 0.2) is 133 Å². The fourth-order valence-electron chi connectivity index (χ4n) is 6.48. The molecular formula is C42H34N2S. The van der Waals surface area contributed by atoms with Crippen molar-refractivity contribution in [1.82, 2.24) is 9.55 Å². The minimum Gasteiger partial charge on any atom is -0.291 e. The van der Waals surface area contributed by atoms with Gasteiger partial charge in [0.25, 0.3) is 0 Å². The van der Waals surface area contributed by atoms with Crippen LogP contribution in [0.4, 0.5) is 0 Å². The lowest BCUT2D eigenvalue weighted by molar-refractivity contribution is 0.590. The first-order valence-corrected chi connectivity index (χ1v) is 16.4. The molecular weight excluding hydrogens is 565 g/mol. The SMILES string of the molecule is Cc1ccc2cc3c(-c4nc5ccccc5n4-c4c(-c5ccccc5)cc(C(C)(C)C)cc4-c4ccccc4)csc3cc2c1. The molecule has 0 saturated heterocycles. The van der Waals surface area contributed by atoms with Crippen LogP contribution in [-0.4, -0.2) is 9.55 Å². The summed E-state index contributed by atoms with van der Waals surface area (Å²) in [6.45, 7) is 9.05. The van der Waals surface area contributed by atoms with E-state index in [1.807, 2.05) is 0 Å². The van der Waals surface area contributed by atoms with Crippen molar-refractivity contribution in [2.24, 2.45) is 0 Å². The maximum Gasteiger partial charge on any atom is 0.147 e. The van der Waals surface area contributed by atoms with E-state index >= 15 is 0 Å². The van der Waals surface area contributed by atoms with E-state index in [-0.39, 0.29) is 5.41 Å². The van der Waals surface area contributed by atoms with Gasteiger partial charge in [-0.3, -0.25) is 4.57 Å². The van der Waals surface area contributed by atoms with E-state index in [4.69, 9.17) is 4.98 Å². The van der Waals surface area contributed by atoms with Crippen LogP contribution in [0.1, 0.15) is 31.9 Å². The summed E-state index contributed by atoms with van der Waals surface area (Å²) >= 11 is 1.80. The molecule has 8 rings (SSSR count). The zero-order chi connectivity index (χ0) is 30.7. The van der Waals surface area contributed by atoms with E-state index < -0.39 is 0 Å². The lowest BCUT2D eigenvalue weighted by atomic mass is 9.82. The molecule has 2 aromatic heterocycles. The molecule has 2 nitrogen and oxygen atoms in total. The Morgan fingerprint density at radius 2 is 1.27 bits per heavy atom. The first-order chi connectivity index (χ1) is 21.8. The van der Waals surface area contributed by atoms with Crippen LogP contribution in [0.2, 0.25) is 0 Å². The molecule has 45 heavy (non-hydrogen) atoms. The molecule has 0 bridgehead atoms. The fraction of sp³-hybridized carbons (Fsp3) is 0.119. The number of aromatic nitrogens is 2. The Morgan fingerprint density at radius 3 is 1.93 bits per heavy atom. The van der Waals surface area contributed by atoms with E-state index in [1.165, 1.54) is 54.2 Å². The monoisotopic (exact) mass is 598 g/mol. The highest BCUT2D eigenvalue weighted by Gasteiger charge is 2.26. The number of hydrogen-bond acceptors (Lipinski definition) is 2. The molecule has 0 aliphatic heterocycles. The van der Waals surface area contributed by atoms with E-state index in [1.54, 1.807) is 11.3 Å². The van der Waals surface area contributed by atoms with Crippen LogP contribution in [0.5, 0.6) is 0 Å². The zero-order valence-corrected chi connectivity index (χ0v) is 26.8. The Bertz CT molecular complexity index is 2290. The average molecular weight is 599 g/mol. The molecule has 0 unspecified atom stereocenters. The summed E-state index contributed by atoms with van der Waals surface area (Å²) in [5.74, 6) is 0.965. The maximum absolute atomic E-state index is 5.39. The van der Waals surface area contributed by atoms with Crippen LogP contribution < -0.4 is 0 Å². The number of hydrogen-bond donors (Lipinski definition) is 0. The number of para-hydroxylation sites is 2. The van der Waals surface area contributed by atoms with Crippen molar-refractivity contribution in [1.29, 1.82) is 0 Å².